The Kier molecular flexibility index (Phi) is 2.72. The van der Waals surface area contributed by atoms with Crippen LogP contribution < -0.4 is 4.74 Å². The van der Waals surface area contributed by atoms with Gasteiger partial charge in [-0.15, -0.1) is 0 Å². The predicted octanol–water partition coefficient (Wildman–Crippen LogP) is 1.91. The number of benzene rings is 1. The molecule has 0 spiro atoms. The third-order valence-electron chi connectivity index (χ3n) is 2.33. The van der Waals surface area contributed by atoms with Gasteiger partial charge in [-0.1, -0.05) is 12.1 Å². The Labute approximate surface area is 93.5 Å². The fourth-order valence-electron chi connectivity index (χ4n) is 1.59. The minimum absolute atomic E-state index is 0.579. The summed E-state index contributed by atoms with van der Waals surface area (Å²) >= 11 is 0. The van der Waals surface area contributed by atoms with E-state index in [1.807, 2.05) is 24.3 Å². The maximum absolute atomic E-state index is 10.9. The monoisotopic (exact) mass is 216 g/mol. The van der Waals surface area contributed by atoms with Crippen LogP contribution in [0.4, 0.5) is 0 Å². The van der Waals surface area contributed by atoms with E-state index in [1.165, 1.54) is 0 Å². The van der Waals surface area contributed by atoms with Gasteiger partial charge in [0.25, 0.3) is 0 Å². The summed E-state index contributed by atoms with van der Waals surface area (Å²) in [4.78, 5) is 10.9. The van der Waals surface area contributed by atoms with Crippen molar-refractivity contribution in [2.24, 2.45) is 7.05 Å². The zero-order valence-corrected chi connectivity index (χ0v) is 9.18. The molecule has 0 unspecified atom stereocenters. The zero-order chi connectivity index (χ0) is 11.5. The number of rotatable bonds is 3. The molecule has 0 aliphatic carbocycles. The number of ether oxygens (including phenoxy) is 1. The number of hydrogen-bond acceptors (Lipinski definition) is 3. The minimum Gasteiger partial charge on any atom is -0.497 e. The maximum Gasteiger partial charge on any atom is 0.153 e. The Bertz CT molecular complexity index is 517. The van der Waals surface area contributed by atoms with E-state index in [2.05, 4.69) is 5.10 Å². The molecule has 0 saturated carbocycles. The smallest absolute Gasteiger partial charge is 0.153 e. The number of methoxy groups -OCH3 is 1. The fraction of sp³-hybridized carbons (Fsp3) is 0.167. The molecule has 0 amide bonds. The lowest BCUT2D eigenvalue weighted by Gasteiger charge is -2.02. The molecular weight excluding hydrogens is 204 g/mol. The van der Waals surface area contributed by atoms with Crippen molar-refractivity contribution in [2.45, 2.75) is 0 Å². The van der Waals surface area contributed by atoms with E-state index in [9.17, 15) is 4.79 Å². The molecule has 0 aliphatic rings. The van der Waals surface area contributed by atoms with Gasteiger partial charge >= 0.3 is 0 Å². The summed E-state index contributed by atoms with van der Waals surface area (Å²) < 4.78 is 6.76. The normalized spacial score (nSPS) is 10.1. The van der Waals surface area contributed by atoms with Gasteiger partial charge in [-0.05, 0) is 12.1 Å². The molecule has 4 heteroatoms. The van der Waals surface area contributed by atoms with Crippen molar-refractivity contribution in [1.29, 1.82) is 0 Å². The van der Waals surface area contributed by atoms with Gasteiger partial charge in [0.15, 0.2) is 6.29 Å². The number of aldehydes is 1. The Morgan fingerprint density at radius 1 is 1.44 bits per heavy atom. The van der Waals surface area contributed by atoms with Crippen molar-refractivity contribution in [3.63, 3.8) is 0 Å². The van der Waals surface area contributed by atoms with E-state index in [-0.39, 0.29) is 0 Å². The molecule has 0 saturated heterocycles. The molecule has 0 bridgehead atoms. The van der Waals surface area contributed by atoms with Crippen LogP contribution in [0.3, 0.4) is 0 Å². The first kappa shape index (κ1) is 10.4. The highest BCUT2D eigenvalue weighted by molar-refractivity contribution is 5.85. The third-order valence-corrected chi connectivity index (χ3v) is 2.33. The van der Waals surface area contributed by atoms with E-state index in [0.717, 1.165) is 17.6 Å². The molecule has 0 aliphatic heterocycles. The molecule has 16 heavy (non-hydrogen) atoms. The van der Waals surface area contributed by atoms with E-state index in [1.54, 1.807) is 25.0 Å². The summed E-state index contributed by atoms with van der Waals surface area (Å²) in [6.07, 6.45) is 2.50. The second kappa shape index (κ2) is 4.18. The van der Waals surface area contributed by atoms with Gasteiger partial charge in [-0.2, -0.15) is 5.10 Å². The highest BCUT2D eigenvalue weighted by Crippen LogP contribution is 2.24. The van der Waals surface area contributed by atoms with Crippen molar-refractivity contribution in [3.05, 3.63) is 36.0 Å². The number of aromatic nitrogens is 2. The lowest BCUT2D eigenvalue weighted by Crippen LogP contribution is -1.89. The van der Waals surface area contributed by atoms with Gasteiger partial charge in [-0.25, -0.2) is 0 Å². The highest BCUT2D eigenvalue weighted by atomic mass is 16.5. The molecule has 0 fully saturated rings. The van der Waals surface area contributed by atoms with Crippen LogP contribution in [-0.4, -0.2) is 23.2 Å². The van der Waals surface area contributed by atoms with Crippen molar-refractivity contribution < 1.29 is 9.53 Å². The Morgan fingerprint density at radius 3 is 2.94 bits per heavy atom. The van der Waals surface area contributed by atoms with Gasteiger partial charge in [0.1, 0.15) is 11.4 Å². The molecule has 0 radical (unpaired) electrons. The van der Waals surface area contributed by atoms with Crippen molar-refractivity contribution in [1.82, 2.24) is 9.78 Å². The molecule has 1 aromatic heterocycles. The predicted molar refractivity (Wildman–Crippen MR) is 60.6 cm³/mol. The Hall–Kier alpha value is -2.10. The van der Waals surface area contributed by atoms with E-state index < -0.39 is 0 Å². The topological polar surface area (TPSA) is 44.1 Å². The van der Waals surface area contributed by atoms with Gasteiger partial charge in [0.05, 0.1) is 12.7 Å². The van der Waals surface area contributed by atoms with Crippen LogP contribution in [0, 0.1) is 0 Å². The van der Waals surface area contributed by atoms with Crippen molar-refractivity contribution in [3.8, 4) is 17.0 Å². The maximum atomic E-state index is 10.9. The highest BCUT2D eigenvalue weighted by Gasteiger charge is 2.09. The summed E-state index contributed by atoms with van der Waals surface area (Å²) in [6.45, 7) is 0. The lowest BCUT2D eigenvalue weighted by molar-refractivity contribution is 0.112. The van der Waals surface area contributed by atoms with Gasteiger partial charge in [-0.3, -0.25) is 9.48 Å². The summed E-state index contributed by atoms with van der Waals surface area (Å²) in [6, 6.07) is 7.48. The van der Waals surface area contributed by atoms with Crippen LogP contribution >= 0.6 is 0 Å². The number of aryl methyl sites for hydroxylation is 1. The first-order chi connectivity index (χ1) is 7.74. The summed E-state index contributed by atoms with van der Waals surface area (Å²) in [7, 11) is 3.40. The number of carbonyl (C=O) groups is 1. The molecule has 2 rings (SSSR count). The van der Waals surface area contributed by atoms with Crippen molar-refractivity contribution in [2.75, 3.05) is 7.11 Å². The van der Waals surface area contributed by atoms with Crippen LogP contribution in [0.1, 0.15) is 10.4 Å². The molecule has 0 atom stereocenters. The fourth-order valence-corrected chi connectivity index (χ4v) is 1.59. The Balaban J connectivity index is 2.52. The number of hydrogen-bond donors (Lipinski definition) is 0. The van der Waals surface area contributed by atoms with Crippen LogP contribution in [0.5, 0.6) is 5.75 Å². The summed E-state index contributed by atoms with van der Waals surface area (Å²) in [5.41, 5.74) is 2.13. The van der Waals surface area contributed by atoms with Gasteiger partial charge in [0.2, 0.25) is 0 Å². The molecular formula is C12H12N2O2. The molecule has 0 N–H and O–H groups in total. The lowest BCUT2D eigenvalue weighted by atomic mass is 10.1. The zero-order valence-electron chi connectivity index (χ0n) is 9.18. The van der Waals surface area contributed by atoms with Gasteiger partial charge in [0, 0.05) is 18.8 Å². The molecule has 1 heterocycles. The quantitative estimate of drug-likeness (QED) is 0.736. The van der Waals surface area contributed by atoms with E-state index >= 15 is 0 Å². The van der Waals surface area contributed by atoms with Gasteiger partial charge < -0.3 is 4.74 Å². The number of nitrogens with zero attached hydrogens (tertiary/aromatic N) is 2. The summed E-state index contributed by atoms with van der Waals surface area (Å²) in [5, 5.41) is 4.26. The minimum atomic E-state index is 0.579. The first-order valence-corrected chi connectivity index (χ1v) is 4.88. The van der Waals surface area contributed by atoms with Crippen LogP contribution in [0.25, 0.3) is 11.3 Å². The second-order valence-corrected chi connectivity index (χ2v) is 3.46. The number of carbonyl (C=O) groups excluding carboxylic acids is 1. The first-order valence-electron chi connectivity index (χ1n) is 4.88. The van der Waals surface area contributed by atoms with Crippen LogP contribution in [0.15, 0.2) is 30.5 Å². The largest absolute Gasteiger partial charge is 0.497 e. The third kappa shape index (κ3) is 1.82. The van der Waals surface area contributed by atoms with Crippen molar-refractivity contribution >= 4 is 6.29 Å². The molecule has 2 aromatic rings. The molecule has 1 aromatic carbocycles. The van der Waals surface area contributed by atoms with Crippen LogP contribution in [-0.2, 0) is 7.05 Å². The Morgan fingerprint density at radius 2 is 2.25 bits per heavy atom. The second-order valence-electron chi connectivity index (χ2n) is 3.46. The average molecular weight is 216 g/mol. The standard InChI is InChI=1S/C12H12N2O2/c1-14-7-10(8-15)12(13-14)9-4-3-5-11(6-9)16-2/h3-8H,1-2H3. The van der Waals surface area contributed by atoms with E-state index in [0.29, 0.717) is 11.3 Å². The van der Waals surface area contributed by atoms with Crippen LogP contribution in [0.2, 0.25) is 0 Å². The SMILES string of the molecule is COc1cccc(-c2nn(C)cc2C=O)c1. The summed E-state index contributed by atoms with van der Waals surface area (Å²) in [5.74, 6) is 0.750. The molecule has 82 valence electrons. The average Bonchev–Trinajstić information content (AvgIpc) is 2.70. The van der Waals surface area contributed by atoms with E-state index in [4.69, 9.17) is 4.74 Å². The molecule has 4 nitrogen and oxygen atoms in total.